The van der Waals surface area contributed by atoms with Crippen molar-refractivity contribution in [2.75, 3.05) is 0 Å². The smallest absolute Gasteiger partial charge is 0.344 e. The normalized spacial score (nSPS) is 10.2. The van der Waals surface area contributed by atoms with Crippen LogP contribution in [0.5, 0.6) is 0 Å². The first-order valence-electron chi connectivity index (χ1n) is 6.61. The van der Waals surface area contributed by atoms with Crippen LogP contribution in [0, 0.1) is 0 Å². The summed E-state index contributed by atoms with van der Waals surface area (Å²) in [5.74, 6) is 0. The van der Waals surface area contributed by atoms with Gasteiger partial charge in [-0.15, -0.1) is 0 Å². The molecule has 0 amide bonds. The lowest BCUT2D eigenvalue weighted by molar-refractivity contribution is 0.381. The first kappa shape index (κ1) is 23.0. The molecule has 0 atom stereocenters. The van der Waals surface area contributed by atoms with E-state index in [-0.39, 0.29) is 6.15 Å². The van der Waals surface area contributed by atoms with Crippen molar-refractivity contribution in [3.63, 3.8) is 0 Å². The molecule has 0 bridgehead atoms. The zero-order chi connectivity index (χ0) is 13.6. The van der Waals surface area contributed by atoms with Crippen LogP contribution >= 0.6 is 0 Å². The summed E-state index contributed by atoms with van der Waals surface area (Å²) in [6.45, 7) is 4.56. The molecule has 0 heterocycles. The Morgan fingerprint density at radius 2 is 0.833 bits per heavy atom. The van der Waals surface area contributed by atoms with E-state index >= 15 is 0 Å². The van der Waals surface area contributed by atoms with Gasteiger partial charge in [0, 0.05) is 0 Å². The maximum atomic E-state index is 8.74. The van der Waals surface area contributed by atoms with E-state index in [1.807, 2.05) is 0 Å². The molecule has 0 saturated carbocycles. The zero-order valence-electron chi connectivity index (χ0n) is 11.9. The monoisotopic (exact) mass is 285 g/mol. The summed E-state index contributed by atoms with van der Waals surface area (Å²) in [7, 11) is -4.67. The SMILES string of the molecule is CCCCCCCCCCCC.N.O=S(=O)(O)O. The average molecular weight is 285 g/mol. The molecule has 0 aliphatic rings. The van der Waals surface area contributed by atoms with Crippen molar-refractivity contribution in [2.45, 2.75) is 78.1 Å². The summed E-state index contributed by atoms with van der Waals surface area (Å²) in [4.78, 5) is 0. The van der Waals surface area contributed by atoms with Crippen LogP contribution in [-0.4, -0.2) is 17.5 Å². The second-order valence-corrected chi connectivity index (χ2v) is 5.17. The van der Waals surface area contributed by atoms with Crippen LogP contribution in [0.1, 0.15) is 78.1 Å². The van der Waals surface area contributed by atoms with E-state index in [2.05, 4.69) is 13.8 Å². The summed E-state index contributed by atoms with van der Waals surface area (Å²) in [5.41, 5.74) is 0. The number of rotatable bonds is 9. The fourth-order valence-corrected chi connectivity index (χ4v) is 1.56. The minimum absolute atomic E-state index is 0. The number of hydrogen-bond acceptors (Lipinski definition) is 3. The lowest BCUT2D eigenvalue weighted by Gasteiger charge is -1.99. The third-order valence-electron chi connectivity index (χ3n) is 2.46. The predicted octanol–water partition coefficient (Wildman–Crippen LogP) is 4.44. The van der Waals surface area contributed by atoms with Crippen molar-refractivity contribution in [2.24, 2.45) is 0 Å². The van der Waals surface area contributed by atoms with Crippen LogP contribution in [0.2, 0.25) is 0 Å². The van der Waals surface area contributed by atoms with Gasteiger partial charge in [0.05, 0.1) is 0 Å². The Balaban J connectivity index is -0.000000321. The Hall–Kier alpha value is -0.170. The molecule has 0 radical (unpaired) electrons. The predicted molar refractivity (Wildman–Crippen MR) is 76.7 cm³/mol. The standard InChI is InChI=1S/C12H26.H3N.H2O4S/c1-3-5-7-9-11-12-10-8-6-4-2;;1-5(2,3)4/h3-12H2,1-2H3;1H3;(H2,1,2,3,4). The minimum atomic E-state index is -4.67. The maximum absolute atomic E-state index is 8.74. The second kappa shape index (κ2) is 16.8. The topological polar surface area (TPSA) is 110 Å². The summed E-state index contributed by atoms with van der Waals surface area (Å²) in [5, 5.41) is 0. The summed E-state index contributed by atoms with van der Waals surface area (Å²) < 4.78 is 31.6. The van der Waals surface area contributed by atoms with E-state index in [9.17, 15) is 0 Å². The quantitative estimate of drug-likeness (QED) is 0.428. The third-order valence-corrected chi connectivity index (χ3v) is 2.46. The second-order valence-electron chi connectivity index (χ2n) is 4.28. The number of hydrogen-bond donors (Lipinski definition) is 3. The van der Waals surface area contributed by atoms with Gasteiger partial charge in [0.15, 0.2) is 0 Å². The van der Waals surface area contributed by atoms with Crippen molar-refractivity contribution in [1.82, 2.24) is 6.15 Å². The molecule has 18 heavy (non-hydrogen) atoms. The molecule has 0 aromatic heterocycles. The molecule has 0 aromatic carbocycles. The van der Waals surface area contributed by atoms with Gasteiger partial charge in [-0.1, -0.05) is 78.1 Å². The van der Waals surface area contributed by atoms with Gasteiger partial charge in [-0.25, -0.2) is 0 Å². The molecule has 0 aliphatic heterocycles. The molecule has 6 heteroatoms. The van der Waals surface area contributed by atoms with Gasteiger partial charge in [0.2, 0.25) is 0 Å². The van der Waals surface area contributed by atoms with Gasteiger partial charge < -0.3 is 6.15 Å². The van der Waals surface area contributed by atoms with Crippen LogP contribution in [0.3, 0.4) is 0 Å². The molecule has 5 N–H and O–H groups in total. The van der Waals surface area contributed by atoms with Crippen LogP contribution in [-0.2, 0) is 10.4 Å². The average Bonchev–Trinajstić information content (AvgIpc) is 2.20. The Kier molecular flexibility index (Phi) is 21.5. The van der Waals surface area contributed by atoms with Crippen LogP contribution < -0.4 is 6.15 Å². The lowest BCUT2D eigenvalue weighted by atomic mass is 10.1. The van der Waals surface area contributed by atoms with E-state index < -0.39 is 10.4 Å². The highest BCUT2D eigenvalue weighted by Gasteiger charge is 1.90. The Morgan fingerprint density at radius 3 is 1.00 bits per heavy atom. The van der Waals surface area contributed by atoms with Gasteiger partial charge in [0.1, 0.15) is 0 Å². The summed E-state index contributed by atoms with van der Waals surface area (Å²) in [6, 6.07) is 0. The lowest BCUT2D eigenvalue weighted by Crippen LogP contribution is -1.89. The maximum Gasteiger partial charge on any atom is 0.394 e. The van der Waals surface area contributed by atoms with Crippen molar-refractivity contribution in [3.8, 4) is 0 Å². The van der Waals surface area contributed by atoms with E-state index in [0.29, 0.717) is 0 Å². The fourth-order valence-electron chi connectivity index (χ4n) is 1.56. The van der Waals surface area contributed by atoms with Crippen molar-refractivity contribution >= 4 is 10.4 Å². The van der Waals surface area contributed by atoms with Gasteiger partial charge in [-0.3, -0.25) is 9.11 Å². The van der Waals surface area contributed by atoms with Gasteiger partial charge in [-0.2, -0.15) is 8.42 Å². The molecule has 0 fully saturated rings. The molecule has 0 aliphatic carbocycles. The van der Waals surface area contributed by atoms with Gasteiger partial charge >= 0.3 is 10.4 Å². The molecule has 0 saturated heterocycles. The Bertz CT molecular complexity index is 212. The van der Waals surface area contributed by atoms with E-state index in [4.69, 9.17) is 17.5 Å². The summed E-state index contributed by atoms with van der Waals surface area (Å²) in [6.07, 6.45) is 14.4. The van der Waals surface area contributed by atoms with E-state index in [1.165, 1.54) is 64.2 Å². The Labute approximate surface area is 113 Å². The fraction of sp³-hybridized carbons (Fsp3) is 1.00. The van der Waals surface area contributed by atoms with Crippen LogP contribution in [0.15, 0.2) is 0 Å². The molecular formula is C12H31NO4S. The highest BCUT2D eigenvalue weighted by molar-refractivity contribution is 7.79. The molecule has 5 nitrogen and oxygen atoms in total. The summed E-state index contributed by atoms with van der Waals surface area (Å²) >= 11 is 0. The molecule has 0 aromatic rings. The van der Waals surface area contributed by atoms with Crippen molar-refractivity contribution in [3.05, 3.63) is 0 Å². The van der Waals surface area contributed by atoms with Gasteiger partial charge in [-0.05, 0) is 0 Å². The third kappa shape index (κ3) is 44.7. The first-order valence-corrected chi connectivity index (χ1v) is 8.01. The molecule has 0 unspecified atom stereocenters. The van der Waals surface area contributed by atoms with Crippen LogP contribution in [0.25, 0.3) is 0 Å². The van der Waals surface area contributed by atoms with E-state index in [0.717, 1.165) is 0 Å². The minimum Gasteiger partial charge on any atom is -0.344 e. The van der Waals surface area contributed by atoms with E-state index in [1.54, 1.807) is 0 Å². The van der Waals surface area contributed by atoms with Gasteiger partial charge in [0.25, 0.3) is 0 Å². The number of unbranched alkanes of at least 4 members (excludes halogenated alkanes) is 9. The molecule has 0 spiro atoms. The first-order chi connectivity index (χ1) is 7.91. The highest BCUT2D eigenvalue weighted by Crippen LogP contribution is 2.09. The Morgan fingerprint density at radius 1 is 0.667 bits per heavy atom. The molecular weight excluding hydrogens is 254 g/mol. The van der Waals surface area contributed by atoms with Crippen molar-refractivity contribution < 1.29 is 17.5 Å². The molecule has 0 rings (SSSR count). The van der Waals surface area contributed by atoms with Crippen LogP contribution in [0.4, 0.5) is 0 Å². The molecule has 114 valence electrons. The van der Waals surface area contributed by atoms with Crippen molar-refractivity contribution in [1.29, 1.82) is 0 Å². The zero-order valence-corrected chi connectivity index (χ0v) is 12.7. The largest absolute Gasteiger partial charge is 0.394 e. The highest BCUT2D eigenvalue weighted by atomic mass is 32.3.